The van der Waals surface area contributed by atoms with E-state index in [9.17, 15) is 19.2 Å². The molecule has 0 spiro atoms. The van der Waals surface area contributed by atoms with Gasteiger partial charge in [-0.3, -0.25) is 14.4 Å². The van der Waals surface area contributed by atoms with Gasteiger partial charge in [-0.15, -0.1) is 0 Å². The largest absolute Gasteiger partial charge is 0.425 e. The molecule has 6 rings (SSSR count). The van der Waals surface area contributed by atoms with Crippen molar-refractivity contribution >= 4 is 40.1 Å². The predicted molar refractivity (Wildman–Crippen MR) is 133 cm³/mol. The van der Waals surface area contributed by atoms with Gasteiger partial charge in [-0.2, -0.15) is 0 Å². The van der Waals surface area contributed by atoms with Crippen LogP contribution in [0.4, 0.5) is 0 Å². The summed E-state index contributed by atoms with van der Waals surface area (Å²) in [5, 5.41) is 0.986. The van der Waals surface area contributed by atoms with E-state index in [-0.39, 0.29) is 17.8 Å². The van der Waals surface area contributed by atoms with Crippen molar-refractivity contribution in [1.29, 1.82) is 0 Å². The number of benzene rings is 3. The highest BCUT2D eigenvalue weighted by molar-refractivity contribution is 6.31. The third-order valence-electron chi connectivity index (χ3n) is 7.61. The molecular formula is C29H19ClO6. The number of fused-ring (bicyclic) bond motifs is 4. The minimum Gasteiger partial charge on any atom is -0.425 e. The van der Waals surface area contributed by atoms with Crippen molar-refractivity contribution in [1.82, 2.24) is 0 Å². The average molecular weight is 499 g/mol. The lowest BCUT2D eigenvalue weighted by Crippen LogP contribution is -2.41. The number of halogens is 1. The summed E-state index contributed by atoms with van der Waals surface area (Å²) in [6.07, 6.45) is 0.174. The van der Waals surface area contributed by atoms with Crippen LogP contribution >= 0.6 is 11.6 Å². The minimum atomic E-state index is -1.90. The Morgan fingerprint density at radius 3 is 2.36 bits per heavy atom. The van der Waals surface area contributed by atoms with Crippen molar-refractivity contribution in [2.45, 2.75) is 19.3 Å². The lowest BCUT2D eigenvalue weighted by Gasteiger charge is -2.23. The Kier molecular flexibility index (Phi) is 4.82. The Balaban J connectivity index is 1.60. The lowest BCUT2D eigenvalue weighted by atomic mass is 9.79. The summed E-state index contributed by atoms with van der Waals surface area (Å²) in [7, 11) is 0. The average Bonchev–Trinajstić information content (AvgIpc) is 3.54. The lowest BCUT2D eigenvalue weighted by molar-refractivity contribution is -0.140. The third-order valence-corrected chi connectivity index (χ3v) is 7.87. The number of Topliss-reactive ketones (excluding diaryl/α,β-unsaturated/α-hetero) is 2. The maximum atomic E-state index is 14.3. The summed E-state index contributed by atoms with van der Waals surface area (Å²) in [5.74, 6) is -2.47. The van der Waals surface area contributed by atoms with E-state index in [2.05, 4.69) is 0 Å². The number of carbonyl (C=O) groups excluding carboxylic acids is 3. The zero-order valence-electron chi connectivity index (χ0n) is 19.1. The molecule has 4 aromatic rings. The number of ketones is 2. The SMILES string of the molecule is CC[C@@]1(C(=O)c2ccc(Cl)cc2)[C@@H]2c3ccccc3OC(=O)[C@@]21C(=O)c1cc2ccccc2oc1=O. The molecule has 36 heavy (non-hydrogen) atoms. The summed E-state index contributed by atoms with van der Waals surface area (Å²) in [6.45, 7) is 1.76. The van der Waals surface area contributed by atoms with Gasteiger partial charge in [0.1, 0.15) is 16.9 Å². The monoisotopic (exact) mass is 498 g/mol. The smallest absolute Gasteiger partial charge is 0.347 e. The standard InChI is InChI=1S/C29H19ClO6/c1-2-28(24(31)16-11-13-18(30)14-12-16)23-19-8-4-6-10-22(19)36-27(34)29(23,28)25(32)20-15-17-7-3-5-9-21(17)35-26(20)33/h3-15,23H,2H2,1H3/t23-,28-,29-/m0/s1. The second kappa shape index (κ2) is 7.73. The topological polar surface area (TPSA) is 90.7 Å². The number of hydrogen-bond acceptors (Lipinski definition) is 6. The molecular weight excluding hydrogens is 480 g/mol. The van der Waals surface area contributed by atoms with E-state index >= 15 is 0 Å². The zero-order valence-corrected chi connectivity index (χ0v) is 19.9. The van der Waals surface area contributed by atoms with Gasteiger partial charge in [0.05, 0.1) is 5.41 Å². The molecule has 0 bridgehead atoms. The Morgan fingerprint density at radius 1 is 0.917 bits per heavy atom. The maximum absolute atomic E-state index is 14.3. The molecule has 7 heteroatoms. The van der Waals surface area contributed by atoms with E-state index in [0.717, 1.165) is 0 Å². The first-order chi connectivity index (χ1) is 17.4. The molecule has 0 amide bonds. The Hall–Kier alpha value is -4.03. The second-order valence-electron chi connectivity index (χ2n) is 9.14. The third kappa shape index (κ3) is 2.73. The first-order valence-corrected chi connectivity index (χ1v) is 11.9. The Morgan fingerprint density at radius 2 is 1.61 bits per heavy atom. The van der Waals surface area contributed by atoms with Crippen molar-refractivity contribution in [2.24, 2.45) is 10.8 Å². The Labute approximate surface area is 210 Å². The summed E-state index contributed by atoms with van der Waals surface area (Å²) >= 11 is 6.03. The van der Waals surface area contributed by atoms with E-state index in [1.165, 1.54) is 6.07 Å². The molecule has 3 aromatic carbocycles. The molecule has 1 aliphatic heterocycles. The van der Waals surface area contributed by atoms with Gasteiger partial charge in [0.25, 0.3) is 0 Å². The van der Waals surface area contributed by atoms with Crippen LogP contribution in [0.15, 0.2) is 88.1 Å². The molecule has 6 nitrogen and oxygen atoms in total. The molecule has 2 heterocycles. The zero-order chi connectivity index (χ0) is 25.2. The van der Waals surface area contributed by atoms with Crippen LogP contribution in [0.5, 0.6) is 5.75 Å². The van der Waals surface area contributed by atoms with Gasteiger partial charge in [-0.1, -0.05) is 54.9 Å². The van der Waals surface area contributed by atoms with Gasteiger partial charge < -0.3 is 9.15 Å². The summed E-state index contributed by atoms with van der Waals surface area (Å²) < 4.78 is 11.1. The van der Waals surface area contributed by atoms with E-state index in [1.807, 2.05) is 0 Å². The quantitative estimate of drug-likeness (QED) is 0.117. The molecule has 1 aliphatic carbocycles. The van der Waals surface area contributed by atoms with Crippen molar-refractivity contribution in [3.05, 3.63) is 111 Å². The van der Waals surface area contributed by atoms with Crippen molar-refractivity contribution < 1.29 is 23.5 Å². The van der Waals surface area contributed by atoms with E-state index in [4.69, 9.17) is 20.8 Å². The van der Waals surface area contributed by atoms with Crippen LogP contribution < -0.4 is 10.4 Å². The van der Waals surface area contributed by atoms with E-state index in [1.54, 1.807) is 79.7 Å². The number of rotatable bonds is 5. The number of carbonyl (C=O) groups is 3. The van der Waals surface area contributed by atoms with Crippen LogP contribution in [0, 0.1) is 10.8 Å². The van der Waals surface area contributed by atoms with Gasteiger partial charge in [0.2, 0.25) is 0 Å². The van der Waals surface area contributed by atoms with Gasteiger partial charge in [0.15, 0.2) is 17.0 Å². The molecule has 0 unspecified atom stereocenters. The molecule has 1 saturated carbocycles. The second-order valence-corrected chi connectivity index (χ2v) is 9.58. The molecule has 1 aromatic heterocycles. The highest BCUT2D eigenvalue weighted by atomic mass is 35.5. The van der Waals surface area contributed by atoms with E-state index in [0.29, 0.717) is 32.9 Å². The highest BCUT2D eigenvalue weighted by Crippen LogP contribution is 2.80. The minimum absolute atomic E-state index is 0.174. The molecule has 3 atom stereocenters. The predicted octanol–water partition coefficient (Wildman–Crippen LogP) is 5.61. The van der Waals surface area contributed by atoms with Crippen molar-refractivity contribution in [2.75, 3.05) is 0 Å². The van der Waals surface area contributed by atoms with Crippen LogP contribution in [0.2, 0.25) is 5.02 Å². The molecule has 0 N–H and O–H groups in total. The van der Waals surface area contributed by atoms with E-state index < -0.39 is 34.1 Å². The molecule has 2 aliphatic rings. The van der Waals surface area contributed by atoms with Gasteiger partial charge >= 0.3 is 11.6 Å². The van der Waals surface area contributed by atoms with Crippen LogP contribution in [0.3, 0.4) is 0 Å². The summed E-state index contributed by atoms with van der Waals surface area (Å²) in [5.41, 5.74) is -3.27. The van der Waals surface area contributed by atoms with Gasteiger partial charge in [-0.25, -0.2) is 4.79 Å². The maximum Gasteiger partial charge on any atom is 0.347 e. The molecule has 0 saturated heterocycles. The number of hydrogen-bond donors (Lipinski definition) is 0. The van der Waals surface area contributed by atoms with Crippen LogP contribution in [-0.2, 0) is 4.79 Å². The normalized spacial score (nSPS) is 23.9. The summed E-state index contributed by atoms with van der Waals surface area (Å²) in [6, 6.07) is 21.4. The molecule has 178 valence electrons. The fourth-order valence-electron chi connectivity index (χ4n) is 6.00. The van der Waals surface area contributed by atoms with Gasteiger partial charge in [-0.05, 0) is 48.9 Å². The first kappa shape index (κ1) is 22.4. The first-order valence-electron chi connectivity index (χ1n) is 11.6. The fraction of sp³-hybridized carbons (Fsp3) is 0.172. The number of para-hydroxylation sites is 2. The van der Waals surface area contributed by atoms with Crippen LogP contribution in [-0.4, -0.2) is 17.5 Å². The van der Waals surface area contributed by atoms with Crippen molar-refractivity contribution in [3.63, 3.8) is 0 Å². The summed E-state index contributed by atoms with van der Waals surface area (Å²) in [4.78, 5) is 55.1. The van der Waals surface area contributed by atoms with Crippen molar-refractivity contribution in [3.8, 4) is 5.75 Å². The Bertz CT molecular complexity index is 1650. The van der Waals surface area contributed by atoms with Crippen LogP contribution in [0.25, 0.3) is 11.0 Å². The van der Waals surface area contributed by atoms with Crippen LogP contribution in [0.1, 0.15) is 45.5 Å². The molecule has 0 radical (unpaired) electrons. The number of ether oxygens (including phenoxy) is 1. The molecule has 1 fully saturated rings. The fourth-order valence-corrected chi connectivity index (χ4v) is 6.12. The highest BCUT2D eigenvalue weighted by Gasteiger charge is 2.89. The number of esters is 1. The van der Waals surface area contributed by atoms with Gasteiger partial charge in [0, 0.05) is 27.5 Å².